The molecule has 24 heavy (non-hydrogen) atoms. The van der Waals surface area contributed by atoms with Crippen LogP contribution in [0.15, 0.2) is 19.4 Å². The number of nitrogens with two attached hydrogens (primary N) is 1. The van der Waals surface area contributed by atoms with Gasteiger partial charge in [0.25, 0.3) is 0 Å². The van der Waals surface area contributed by atoms with Gasteiger partial charge >= 0.3 is 0 Å². The lowest BCUT2D eigenvalue weighted by atomic mass is 10.1. The molecule has 0 radical (unpaired) electrons. The van der Waals surface area contributed by atoms with Crippen molar-refractivity contribution in [2.45, 2.75) is 32.1 Å². The first kappa shape index (κ1) is 17.7. The van der Waals surface area contributed by atoms with Crippen LogP contribution < -0.4 is 5.73 Å². The van der Waals surface area contributed by atoms with E-state index in [1.807, 2.05) is 0 Å². The average molecular weight is 333 g/mol. The Hall–Kier alpha value is -2.70. The fourth-order valence-electron chi connectivity index (χ4n) is 3.01. The van der Waals surface area contributed by atoms with Crippen molar-refractivity contribution in [1.82, 2.24) is 9.47 Å². The number of ketones is 1. The monoisotopic (exact) mass is 333 g/mol. The van der Waals surface area contributed by atoms with Crippen molar-refractivity contribution in [3.05, 3.63) is 36.2 Å². The van der Waals surface area contributed by atoms with Crippen molar-refractivity contribution in [2.75, 3.05) is 6.54 Å². The van der Waals surface area contributed by atoms with Crippen molar-refractivity contribution >= 4 is 29.7 Å². The number of hydrogen-bond acceptors (Lipinski definition) is 3. The zero-order valence-electron chi connectivity index (χ0n) is 13.5. The second-order valence-corrected chi connectivity index (χ2v) is 5.73. The Morgan fingerprint density at radius 1 is 1.38 bits per heavy atom. The number of likely N-dealkylation sites (tertiary alicyclic amines) is 1. The predicted octanol–water partition coefficient (Wildman–Crippen LogP) is 1.40. The van der Waals surface area contributed by atoms with E-state index in [4.69, 9.17) is 5.73 Å². The van der Waals surface area contributed by atoms with Crippen molar-refractivity contribution in [3.8, 4) is 0 Å². The van der Waals surface area contributed by atoms with Gasteiger partial charge in [-0.15, -0.1) is 0 Å². The molecule has 2 atom stereocenters. The third kappa shape index (κ3) is 3.15. The summed E-state index contributed by atoms with van der Waals surface area (Å²) in [5, 5.41) is 0. The van der Waals surface area contributed by atoms with Gasteiger partial charge in [-0.1, -0.05) is 19.2 Å². The van der Waals surface area contributed by atoms with Gasteiger partial charge in [-0.25, -0.2) is 4.39 Å². The van der Waals surface area contributed by atoms with E-state index in [2.05, 4.69) is 13.2 Å². The number of aromatic nitrogens is 1. The van der Waals surface area contributed by atoms with Crippen molar-refractivity contribution in [3.63, 3.8) is 0 Å². The lowest BCUT2D eigenvalue weighted by Gasteiger charge is -2.22. The van der Waals surface area contributed by atoms with Gasteiger partial charge in [0.05, 0.1) is 6.54 Å². The molecule has 1 aliphatic heterocycles. The summed E-state index contributed by atoms with van der Waals surface area (Å²) in [5.41, 5.74) is 6.82. The predicted molar refractivity (Wildman–Crippen MR) is 88.8 cm³/mol. The lowest BCUT2D eigenvalue weighted by molar-refractivity contribution is -0.137. The maximum absolute atomic E-state index is 13.6. The zero-order chi connectivity index (χ0) is 18.0. The summed E-state index contributed by atoms with van der Waals surface area (Å²) in [6.45, 7) is 8.48. The second-order valence-electron chi connectivity index (χ2n) is 5.73. The van der Waals surface area contributed by atoms with E-state index in [9.17, 15) is 18.8 Å². The fourth-order valence-corrected chi connectivity index (χ4v) is 3.01. The van der Waals surface area contributed by atoms with Gasteiger partial charge in [-0.05, 0) is 13.0 Å². The first-order valence-electron chi connectivity index (χ1n) is 7.51. The van der Waals surface area contributed by atoms with Crippen LogP contribution in [0, 0.1) is 0 Å². The van der Waals surface area contributed by atoms with E-state index in [-0.39, 0.29) is 25.3 Å². The molecule has 2 N–H and O–H groups in total. The molecular weight excluding hydrogens is 313 g/mol. The Bertz CT molecular complexity index is 723. The minimum Gasteiger partial charge on any atom is -0.368 e. The van der Waals surface area contributed by atoms with Crippen molar-refractivity contribution in [1.29, 1.82) is 0 Å². The fraction of sp³-hybridized carbons (Fsp3) is 0.353. The quantitative estimate of drug-likeness (QED) is 0.799. The van der Waals surface area contributed by atoms with Gasteiger partial charge in [-0.2, -0.15) is 0 Å². The smallest absolute Gasteiger partial charge is 0.243 e. The molecule has 2 unspecified atom stereocenters. The Morgan fingerprint density at radius 2 is 2.04 bits per heavy atom. The van der Waals surface area contributed by atoms with Gasteiger partial charge in [0.15, 0.2) is 5.78 Å². The number of nitrogens with zero attached hydrogens (tertiary/aromatic N) is 2. The van der Waals surface area contributed by atoms with Crippen LogP contribution in [0.1, 0.15) is 35.0 Å². The van der Waals surface area contributed by atoms with Crippen LogP contribution in [-0.4, -0.2) is 45.8 Å². The van der Waals surface area contributed by atoms with E-state index in [1.54, 1.807) is 4.57 Å². The minimum absolute atomic E-state index is 0.0856. The number of rotatable bonds is 6. The first-order chi connectivity index (χ1) is 11.3. The molecule has 1 fully saturated rings. The normalized spacial score (nSPS) is 20.0. The first-order valence-corrected chi connectivity index (χ1v) is 7.51. The minimum atomic E-state index is -1.27. The number of alkyl halides is 1. The van der Waals surface area contributed by atoms with E-state index < -0.39 is 24.0 Å². The van der Waals surface area contributed by atoms with E-state index in [0.29, 0.717) is 16.8 Å². The topological polar surface area (TPSA) is 85.4 Å². The maximum Gasteiger partial charge on any atom is 0.243 e. The largest absolute Gasteiger partial charge is 0.368 e. The molecule has 0 aromatic carbocycles. The van der Waals surface area contributed by atoms with Crippen LogP contribution in [0.25, 0.3) is 12.2 Å². The highest BCUT2D eigenvalue weighted by atomic mass is 19.1. The van der Waals surface area contributed by atoms with Crippen LogP contribution in [0.3, 0.4) is 0 Å². The molecule has 1 saturated heterocycles. The molecule has 1 aromatic heterocycles. The summed E-state index contributed by atoms with van der Waals surface area (Å²) >= 11 is 0. The molecule has 6 nitrogen and oxygen atoms in total. The Morgan fingerprint density at radius 3 is 2.54 bits per heavy atom. The van der Waals surface area contributed by atoms with Crippen molar-refractivity contribution in [2.24, 2.45) is 5.73 Å². The zero-order valence-corrected chi connectivity index (χ0v) is 13.5. The lowest BCUT2D eigenvalue weighted by Crippen LogP contribution is -2.45. The van der Waals surface area contributed by atoms with Crippen LogP contribution in [0.5, 0.6) is 0 Å². The maximum atomic E-state index is 13.6. The molecule has 2 amide bonds. The third-order valence-electron chi connectivity index (χ3n) is 4.14. The summed E-state index contributed by atoms with van der Waals surface area (Å²) in [4.78, 5) is 36.8. The summed E-state index contributed by atoms with van der Waals surface area (Å²) in [7, 11) is 0. The van der Waals surface area contributed by atoms with Crippen LogP contribution in [0.2, 0.25) is 0 Å². The number of halogens is 1. The molecule has 0 spiro atoms. The van der Waals surface area contributed by atoms with Gasteiger partial charge in [0.1, 0.15) is 18.8 Å². The van der Waals surface area contributed by atoms with Gasteiger partial charge < -0.3 is 15.2 Å². The molecule has 1 aliphatic rings. The molecule has 7 heteroatoms. The summed E-state index contributed by atoms with van der Waals surface area (Å²) in [6, 6.07) is -0.943. The van der Waals surface area contributed by atoms with Gasteiger partial charge in [-0.3, -0.25) is 14.4 Å². The van der Waals surface area contributed by atoms with Gasteiger partial charge in [0, 0.05) is 29.4 Å². The van der Waals surface area contributed by atoms with Crippen LogP contribution in [-0.2, 0) is 16.1 Å². The summed E-state index contributed by atoms with van der Waals surface area (Å²) in [6.07, 6.45) is 3.22. The molecule has 0 aliphatic carbocycles. The Labute approximate surface area is 139 Å². The standard InChI is InChI=1S/C17H20FN3O3/c1-4-12-13(10(3)22)8-20(14(12)5-2)9-16(23)21-7-11(18)6-15(21)17(19)24/h4-5,8,11,15H,1-2,6-7,9H2,3H3,(H2,19,24). The third-order valence-corrected chi connectivity index (χ3v) is 4.14. The van der Waals surface area contributed by atoms with Gasteiger partial charge in [0.2, 0.25) is 11.8 Å². The molecule has 0 saturated carbocycles. The molecule has 2 heterocycles. The summed E-state index contributed by atoms with van der Waals surface area (Å²) in [5.74, 6) is -1.34. The summed E-state index contributed by atoms with van der Waals surface area (Å²) < 4.78 is 15.1. The average Bonchev–Trinajstić information content (AvgIpc) is 3.07. The molecule has 1 aromatic rings. The highest BCUT2D eigenvalue weighted by molar-refractivity contribution is 5.99. The highest BCUT2D eigenvalue weighted by Crippen LogP contribution is 2.24. The van der Waals surface area contributed by atoms with E-state index >= 15 is 0 Å². The molecule has 2 rings (SSSR count). The molecular formula is C17H20FN3O3. The number of carbonyl (C=O) groups excluding carboxylic acids is 3. The molecule has 0 bridgehead atoms. The Balaban J connectivity index is 2.32. The number of Topliss-reactive ketones (excluding diaryl/α,β-unsaturated/α-hetero) is 1. The van der Waals surface area contributed by atoms with Crippen LogP contribution >= 0.6 is 0 Å². The highest BCUT2D eigenvalue weighted by Gasteiger charge is 2.38. The van der Waals surface area contributed by atoms with E-state index in [0.717, 1.165) is 4.90 Å². The SMILES string of the molecule is C=Cc1c(C(C)=O)cn(CC(=O)N2CC(F)CC2C(N)=O)c1C=C. The molecule has 128 valence electrons. The number of carbonyl (C=O) groups is 3. The number of primary amides is 1. The number of amides is 2. The second kappa shape index (κ2) is 6.82. The van der Waals surface area contributed by atoms with Crippen LogP contribution in [0.4, 0.5) is 4.39 Å². The Kier molecular flexibility index (Phi) is 5.02. The van der Waals surface area contributed by atoms with Crippen molar-refractivity contribution < 1.29 is 18.8 Å². The number of hydrogen-bond donors (Lipinski definition) is 1. The van der Waals surface area contributed by atoms with E-state index in [1.165, 1.54) is 25.3 Å².